The van der Waals surface area contributed by atoms with E-state index >= 15 is 0 Å². The van der Waals surface area contributed by atoms with Crippen LogP contribution in [0.5, 0.6) is 0 Å². The first-order valence-electron chi connectivity index (χ1n) is 6.52. The summed E-state index contributed by atoms with van der Waals surface area (Å²) in [5.41, 5.74) is 12.1. The van der Waals surface area contributed by atoms with Crippen molar-refractivity contribution in [2.24, 2.45) is 11.6 Å². The van der Waals surface area contributed by atoms with Crippen LogP contribution in [0.15, 0.2) is 48.5 Å². The summed E-state index contributed by atoms with van der Waals surface area (Å²) in [5.74, 6) is 6.02. The molecule has 0 spiro atoms. The van der Waals surface area contributed by atoms with Gasteiger partial charge in [0, 0.05) is 25.2 Å². The van der Waals surface area contributed by atoms with Gasteiger partial charge in [0.25, 0.3) is 0 Å². The van der Waals surface area contributed by atoms with Crippen LogP contribution in [0.25, 0.3) is 11.4 Å². The quantitative estimate of drug-likeness (QED) is 0.614. The third-order valence-corrected chi connectivity index (χ3v) is 3.68. The van der Waals surface area contributed by atoms with Gasteiger partial charge < -0.3 is 15.6 Å². The van der Waals surface area contributed by atoms with Gasteiger partial charge in [-0.3, -0.25) is 0 Å². The number of nitrogens with zero attached hydrogens (tertiary/aromatic N) is 2. The zero-order chi connectivity index (χ0) is 14.3. The second-order valence-corrected chi connectivity index (χ2v) is 4.97. The monoisotopic (exact) mass is 266 g/mol. The summed E-state index contributed by atoms with van der Waals surface area (Å²) < 4.78 is 0. The van der Waals surface area contributed by atoms with Crippen molar-refractivity contribution in [2.75, 3.05) is 19.0 Å². The van der Waals surface area contributed by atoms with E-state index in [-0.39, 0.29) is 0 Å². The van der Waals surface area contributed by atoms with Crippen LogP contribution in [0, 0.1) is 0 Å². The number of para-hydroxylation sites is 2. The molecule has 4 nitrogen and oxygen atoms in total. The molecule has 0 fully saturated rings. The topological polar surface area (TPSA) is 58.5 Å². The lowest BCUT2D eigenvalue weighted by Crippen LogP contribution is -2.26. The lowest BCUT2D eigenvalue weighted by molar-refractivity contribution is 0.512. The number of anilines is 2. The zero-order valence-corrected chi connectivity index (χ0v) is 11.7. The Morgan fingerprint density at radius 3 is 2.00 bits per heavy atom. The van der Waals surface area contributed by atoms with E-state index in [0.29, 0.717) is 5.70 Å². The van der Waals surface area contributed by atoms with E-state index < -0.39 is 0 Å². The van der Waals surface area contributed by atoms with Crippen LogP contribution in [-0.2, 0) is 0 Å². The number of hydrazine groups is 1. The van der Waals surface area contributed by atoms with Crippen molar-refractivity contribution >= 4 is 22.8 Å². The minimum Gasteiger partial charge on any atom is -0.396 e. The van der Waals surface area contributed by atoms with E-state index in [1.807, 2.05) is 50.5 Å². The van der Waals surface area contributed by atoms with Crippen molar-refractivity contribution in [3.63, 3.8) is 0 Å². The minimum atomic E-state index is 0.697. The lowest BCUT2D eigenvalue weighted by Gasteiger charge is -2.23. The van der Waals surface area contributed by atoms with Gasteiger partial charge >= 0.3 is 0 Å². The molecule has 0 saturated carbocycles. The molecule has 0 aliphatic carbocycles. The maximum atomic E-state index is 6.40. The lowest BCUT2D eigenvalue weighted by atomic mass is 10.1. The predicted octanol–water partition coefficient (Wildman–Crippen LogP) is 2.36. The highest BCUT2D eigenvalue weighted by Crippen LogP contribution is 2.40. The molecule has 2 aromatic rings. The average molecular weight is 266 g/mol. The molecular weight excluding hydrogens is 248 g/mol. The van der Waals surface area contributed by atoms with E-state index in [1.165, 1.54) is 0 Å². The smallest absolute Gasteiger partial charge is 0.0844 e. The van der Waals surface area contributed by atoms with E-state index in [9.17, 15) is 0 Å². The summed E-state index contributed by atoms with van der Waals surface area (Å²) in [5, 5.41) is 1.59. The first kappa shape index (κ1) is 12.6. The van der Waals surface area contributed by atoms with Gasteiger partial charge in [-0.05, 0) is 12.1 Å². The Kier molecular flexibility index (Phi) is 2.88. The molecular formula is C16H18N4. The fraction of sp³-hybridized carbons (Fsp3) is 0.125. The third-order valence-electron chi connectivity index (χ3n) is 3.68. The van der Waals surface area contributed by atoms with Crippen LogP contribution < -0.4 is 16.5 Å². The number of rotatable bonds is 1. The SMILES string of the molecule is CN(N)C1=C(N)c2ccccc2N(C)c2ccccc21. The van der Waals surface area contributed by atoms with E-state index in [4.69, 9.17) is 11.6 Å². The second-order valence-electron chi connectivity index (χ2n) is 4.97. The van der Waals surface area contributed by atoms with Crippen LogP contribution in [0.2, 0.25) is 0 Å². The van der Waals surface area contributed by atoms with Crippen LogP contribution >= 0.6 is 0 Å². The number of hydrogen-bond donors (Lipinski definition) is 2. The summed E-state index contributed by atoms with van der Waals surface area (Å²) in [6.07, 6.45) is 0. The van der Waals surface area contributed by atoms with Crippen LogP contribution in [0.3, 0.4) is 0 Å². The molecule has 20 heavy (non-hydrogen) atoms. The molecule has 4 heteroatoms. The first-order valence-corrected chi connectivity index (χ1v) is 6.52. The third kappa shape index (κ3) is 1.73. The van der Waals surface area contributed by atoms with Gasteiger partial charge in [0.1, 0.15) is 0 Å². The van der Waals surface area contributed by atoms with E-state index in [0.717, 1.165) is 28.2 Å². The van der Waals surface area contributed by atoms with E-state index in [1.54, 1.807) is 5.01 Å². The Balaban J connectivity index is 2.40. The molecule has 1 aliphatic heterocycles. The standard InChI is InChI=1S/C16H18N4/c1-19-13-9-5-3-7-11(13)15(17)16(20(2)18)12-8-4-6-10-14(12)19/h3-10H,17-18H2,1-2H3. The molecule has 0 saturated heterocycles. The molecule has 0 amide bonds. The van der Waals surface area contributed by atoms with Crippen molar-refractivity contribution in [2.45, 2.75) is 0 Å². The zero-order valence-electron chi connectivity index (χ0n) is 11.7. The highest BCUT2D eigenvalue weighted by molar-refractivity contribution is 5.99. The van der Waals surface area contributed by atoms with Gasteiger partial charge in [0.15, 0.2) is 0 Å². The highest BCUT2D eigenvalue weighted by atomic mass is 15.4. The molecule has 102 valence electrons. The summed E-state index contributed by atoms with van der Waals surface area (Å²) >= 11 is 0. The van der Waals surface area contributed by atoms with E-state index in [2.05, 4.69) is 17.0 Å². The van der Waals surface area contributed by atoms with Crippen molar-refractivity contribution in [1.82, 2.24) is 5.01 Å². The summed E-state index contributed by atoms with van der Waals surface area (Å²) in [7, 11) is 3.86. The molecule has 1 heterocycles. The number of nitrogens with two attached hydrogens (primary N) is 2. The molecule has 4 N–H and O–H groups in total. The maximum absolute atomic E-state index is 6.40. The number of hydrogen-bond acceptors (Lipinski definition) is 4. The van der Waals surface area contributed by atoms with Crippen molar-refractivity contribution < 1.29 is 0 Å². The fourth-order valence-electron chi connectivity index (χ4n) is 2.74. The largest absolute Gasteiger partial charge is 0.396 e. The molecule has 0 unspecified atom stereocenters. The summed E-state index contributed by atoms with van der Waals surface area (Å²) in [6.45, 7) is 0. The Morgan fingerprint density at radius 1 is 0.900 bits per heavy atom. The predicted molar refractivity (Wildman–Crippen MR) is 83.9 cm³/mol. The van der Waals surface area contributed by atoms with Gasteiger partial charge in [-0.15, -0.1) is 0 Å². The minimum absolute atomic E-state index is 0.697. The summed E-state index contributed by atoms with van der Waals surface area (Å²) in [4.78, 5) is 2.15. The molecule has 0 radical (unpaired) electrons. The van der Waals surface area contributed by atoms with Crippen LogP contribution in [0.4, 0.5) is 11.4 Å². The normalized spacial score (nSPS) is 13.7. The van der Waals surface area contributed by atoms with Crippen molar-refractivity contribution in [3.8, 4) is 0 Å². The molecule has 3 rings (SSSR count). The molecule has 0 aromatic heterocycles. The van der Waals surface area contributed by atoms with Gasteiger partial charge in [0.05, 0.1) is 22.8 Å². The Hall–Kier alpha value is -2.46. The number of fused-ring (bicyclic) bond motifs is 2. The number of benzene rings is 2. The maximum Gasteiger partial charge on any atom is 0.0844 e. The molecule has 1 aliphatic rings. The van der Waals surface area contributed by atoms with Crippen LogP contribution in [0.1, 0.15) is 11.1 Å². The molecule has 0 atom stereocenters. The molecule has 2 aromatic carbocycles. The van der Waals surface area contributed by atoms with Crippen molar-refractivity contribution in [1.29, 1.82) is 0 Å². The van der Waals surface area contributed by atoms with Crippen molar-refractivity contribution in [3.05, 3.63) is 59.7 Å². The van der Waals surface area contributed by atoms with Gasteiger partial charge in [-0.1, -0.05) is 36.4 Å². The van der Waals surface area contributed by atoms with Crippen LogP contribution in [-0.4, -0.2) is 19.1 Å². The fourth-order valence-corrected chi connectivity index (χ4v) is 2.74. The first-order chi connectivity index (χ1) is 9.61. The second kappa shape index (κ2) is 4.58. The Labute approximate surface area is 118 Å². The van der Waals surface area contributed by atoms with Gasteiger partial charge in [-0.2, -0.15) is 0 Å². The Morgan fingerprint density at radius 2 is 1.40 bits per heavy atom. The average Bonchev–Trinajstić information content (AvgIpc) is 2.55. The van der Waals surface area contributed by atoms with Gasteiger partial charge in [0.2, 0.25) is 0 Å². The molecule has 0 bridgehead atoms. The Bertz CT molecular complexity index is 688. The summed E-state index contributed by atoms with van der Waals surface area (Å²) in [6, 6.07) is 16.2. The highest BCUT2D eigenvalue weighted by Gasteiger charge is 2.24. The van der Waals surface area contributed by atoms with Gasteiger partial charge in [-0.25, -0.2) is 5.84 Å².